The summed E-state index contributed by atoms with van der Waals surface area (Å²) in [6, 6.07) is 5.05. The van der Waals surface area contributed by atoms with Gasteiger partial charge >= 0.3 is 0 Å². The smallest absolute Gasteiger partial charge is 0.250 e. The van der Waals surface area contributed by atoms with E-state index < -0.39 is 22.9 Å². The molecule has 3 aliphatic rings. The Bertz CT molecular complexity index is 884. The lowest BCUT2D eigenvalue weighted by molar-refractivity contribution is -0.147. The van der Waals surface area contributed by atoms with Gasteiger partial charge in [0.1, 0.15) is 5.54 Å². The molecule has 0 aliphatic carbocycles. The van der Waals surface area contributed by atoms with Crippen LogP contribution in [0.15, 0.2) is 18.2 Å². The number of hydrogen-bond donors (Lipinski definition) is 2. The third kappa shape index (κ3) is 2.49. The number of halogens is 1. The van der Waals surface area contributed by atoms with Crippen molar-refractivity contribution >= 4 is 46.8 Å². The minimum absolute atomic E-state index is 0.193. The summed E-state index contributed by atoms with van der Waals surface area (Å²) in [5.41, 5.74) is -0.722. The van der Waals surface area contributed by atoms with Crippen LogP contribution < -0.4 is 10.6 Å². The molecule has 2 N–H and O–H groups in total. The zero-order chi connectivity index (χ0) is 20.4. The molecule has 28 heavy (non-hydrogen) atoms. The Labute approximate surface area is 173 Å². The number of likely N-dealkylation sites (tertiary alicyclic amines) is 1. The van der Waals surface area contributed by atoms with Crippen molar-refractivity contribution in [2.45, 2.75) is 44.3 Å². The average molecular weight is 422 g/mol. The van der Waals surface area contributed by atoms with E-state index in [1.807, 2.05) is 33.1 Å². The molecule has 0 bridgehead atoms. The summed E-state index contributed by atoms with van der Waals surface area (Å²) in [4.78, 5) is 41.5. The molecule has 3 amide bonds. The monoisotopic (exact) mass is 421 g/mol. The second-order valence-electron chi connectivity index (χ2n) is 8.64. The van der Waals surface area contributed by atoms with Crippen molar-refractivity contribution in [1.29, 1.82) is 0 Å². The van der Waals surface area contributed by atoms with Gasteiger partial charge in [-0.25, -0.2) is 0 Å². The maximum atomic E-state index is 13.5. The molecule has 0 aromatic heterocycles. The van der Waals surface area contributed by atoms with E-state index in [4.69, 9.17) is 11.6 Å². The van der Waals surface area contributed by atoms with Gasteiger partial charge in [0.25, 0.3) is 0 Å². The van der Waals surface area contributed by atoms with Gasteiger partial charge in [0.15, 0.2) is 0 Å². The number of anilines is 1. The predicted molar refractivity (Wildman–Crippen MR) is 110 cm³/mol. The maximum Gasteiger partial charge on any atom is 0.250 e. The first-order chi connectivity index (χ1) is 13.1. The van der Waals surface area contributed by atoms with Crippen LogP contribution in [0, 0.1) is 11.8 Å². The SMILES string of the molecule is CSCC[C@H]1N[C@]2(C(=O)Nc3c(Cl)cccc32)[C@H]2C(=O)N(C(C)(C)C)C(=O)[C@H]12. The van der Waals surface area contributed by atoms with Crippen molar-refractivity contribution in [3.63, 3.8) is 0 Å². The number of nitrogens with zero attached hydrogens (tertiary/aromatic N) is 1. The maximum absolute atomic E-state index is 13.5. The third-order valence-corrected chi connectivity index (χ3v) is 6.96. The quantitative estimate of drug-likeness (QED) is 0.733. The fourth-order valence-electron chi connectivity index (χ4n) is 4.95. The van der Waals surface area contributed by atoms with Crippen molar-refractivity contribution in [2.24, 2.45) is 11.8 Å². The van der Waals surface area contributed by atoms with Crippen LogP contribution in [0.5, 0.6) is 0 Å². The van der Waals surface area contributed by atoms with Crippen molar-refractivity contribution in [3.8, 4) is 0 Å². The van der Waals surface area contributed by atoms with Crippen LogP contribution in [0.4, 0.5) is 5.69 Å². The van der Waals surface area contributed by atoms with E-state index >= 15 is 0 Å². The van der Waals surface area contributed by atoms with Crippen LogP contribution in [0.25, 0.3) is 0 Å². The summed E-state index contributed by atoms with van der Waals surface area (Å²) in [6.07, 6.45) is 2.70. The van der Waals surface area contributed by atoms with E-state index in [0.717, 1.165) is 5.75 Å². The number of carbonyl (C=O) groups is 3. The van der Waals surface area contributed by atoms with Gasteiger partial charge in [0.05, 0.1) is 22.5 Å². The summed E-state index contributed by atoms with van der Waals surface area (Å²) in [5, 5.41) is 6.70. The Morgan fingerprint density at radius 2 is 1.93 bits per heavy atom. The molecule has 0 radical (unpaired) electrons. The molecular weight excluding hydrogens is 398 g/mol. The molecule has 3 aliphatic heterocycles. The number of rotatable bonds is 3. The minimum Gasteiger partial charge on any atom is -0.323 e. The van der Waals surface area contributed by atoms with Gasteiger partial charge in [-0.05, 0) is 45.3 Å². The molecule has 1 spiro atoms. The summed E-state index contributed by atoms with van der Waals surface area (Å²) in [6.45, 7) is 5.54. The number of thioether (sulfide) groups is 1. The zero-order valence-electron chi connectivity index (χ0n) is 16.3. The van der Waals surface area contributed by atoms with Gasteiger partial charge in [-0.2, -0.15) is 11.8 Å². The Kier molecular flexibility index (Phi) is 4.56. The molecule has 0 unspecified atom stereocenters. The van der Waals surface area contributed by atoms with E-state index in [0.29, 0.717) is 22.7 Å². The van der Waals surface area contributed by atoms with Crippen LogP contribution in [0.1, 0.15) is 32.8 Å². The van der Waals surface area contributed by atoms with Gasteiger partial charge < -0.3 is 5.32 Å². The van der Waals surface area contributed by atoms with E-state index in [2.05, 4.69) is 10.6 Å². The number of hydrogen-bond acceptors (Lipinski definition) is 5. The lowest BCUT2D eigenvalue weighted by Gasteiger charge is -2.34. The molecule has 6 nitrogen and oxygen atoms in total. The van der Waals surface area contributed by atoms with E-state index in [1.54, 1.807) is 23.9 Å². The highest BCUT2D eigenvalue weighted by atomic mass is 35.5. The lowest BCUT2D eigenvalue weighted by atomic mass is 9.76. The van der Waals surface area contributed by atoms with Gasteiger partial charge in [-0.3, -0.25) is 24.6 Å². The zero-order valence-corrected chi connectivity index (χ0v) is 17.9. The Morgan fingerprint density at radius 1 is 1.21 bits per heavy atom. The molecule has 4 rings (SSSR count). The first-order valence-corrected chi connectivity index (χ1v) is 11.2. The highest BCUT2D eigenvalue weighted by Crippen LogP contribution is 2.55. The molecule has 1 aromatic carbocycles. The Morgan fingerprint density at radius 3 is 2.57 bits per heavy atom. The summed E-state index contributed by atoms with van der Waals surface area (Å²) < 4.78 is 0. The summed E-state index contributed by atoms with van der Waals surface area (Å²) >= 11 is 8.00. The normalized spacial score (nSPS) is 31.5. The van der Waals surface area contributed by atoms with E-state index in [-0.39, 0.29) is 23.8 Å². The average Bonchev–Trinajstić information content (AvgIpc) is 3.19. The summed E-state index contributed by atoms with van der Waals surface area (Å²) in [5.74, 6) is -1.29. The first kappa shape index (κ1) is 19.7. The number of fused-ring (bicyclic) bond motifs is 4. The molecular formula is C20H24ClN3O3S. The number of nitrogens with one attached hydrogen (secondary N) is 2. The molecule has 4 atom stereocenters. The van der Waals surface area contributed by atoms with Crippen LogP contribution in [-0.2, 0) is 19.9 Å². The van der Waals surface area contributed by atoms with E-state index in [9.17, 15) is 14.4 Å². The molecule has 8 heteroatoms. The van der Waals surface area contributed by atoms with Gasteiger partial charge in [-0.1, -0.05) is 23.7 Å². The number of imide groups is 1. The fourth-order valence-corrected chi connectivity index (χ4v) is 5.66. The molecule has 0 saturated carbocycles. The standard InChI is InChI=1S/C20H24ClN3O3S/c1-19(2,3)24-16(25)13-12(8-9-28-4)23-20(14(13)17(24)26)10-6-5-7-11(21)15(10)22-18(20)27/h5-7,12-14,23H,8-9H2,1-4H3,(H,22,27)/t12-,13-,14-,20+/m1/s1. The second-order valence-corrected chi connectivity index (χ2v) is 10.0. The largest absolute Gasteiger partial charge is 0.323 e. The van der Waals surface area contributed by atoms with Crippen LogP contribution in [0.2, 0.25) is 5.02 Å². The van der Waals surface area contributed by atoms with Crippen LogP contribution in [0.3, 0.4) is 0 Å². The molecule has 1 aromatic rings. The Balaban J connectivity index is 1.89. The molecule has 2 fully saturated rings. The Hall–Kier alpha value is -1.57. The van der Waals surface area contributed by atoms with Crippen molar-refractivity contribution in [1.82, 2.24) is 10.2 Å². The molecule has 150 valence electrons. The number of amides is 3. The third-order valence-electron chi connectivity index (χ3n) is 6.00. The van der Waals surface area contributed by atoms with Crippen molar-refractivity contribution < 1.29 is 14.4 Å². The highest BCUT2D eigenvalue weighted by molar-refractivity contribution is 7.98. The van der Waals surface area contributed by atoms with E-state index in [1.165, 1.54) is 4.90 Å². The van der Waals surface area contributed by atoms with Gasteiger partial charge in [0.2, 0.25) is 17.7 Å². The second kappa shape index (κ2) is 6.47. The number of para-hydroxylation sites is 1. The highest BCUT2D eigenvalue weighted by Gasteiger charge is 2.71. The van der Waals surface area contributed by atoms with Gasteiger partial charge in [-0.15, -0.1) is 0 Å². The predicted octanol–water partition coefficient (Wildman–Crippen LogP) is 2.61. The fraction of sp³-hybridized carbons (Fsp3) is 0.550. The topological polar surface area (TPSA) is 78.5 Å². The van der Waals surface area contributed by atoms with Crippen molar-refractivity contribution in [2.75, 3.05) is 17.3 Å². The molecule has 2 saturated heterocycles. The minimum atomic E-state index is -1.26. The summed E-state index contributed by atoms with van der Waals surface area (Å²) in [7, 11) is 0. The lowest BCUT2D eigenvalue weighted by Crippen LogP contribution is -2.55. The number of carbonyl (C=O) groups excluding carboxylic acids is 3. The molecule has 3 heterocycles. The number of benzene rings is 1. The first-order valence-electron chi connectivity index (χ1n) is 9.39. The van der Waals surface area contributed by atoms with Crippen molar-refractivity contribution in [3.05, 3.63) is 28.8 Å². The van der Waals surface area contributed by atoms with Crippen LogP contribution >= 0.6 is 23.4 Å². The van der Waals surface area contributed by atoms with Crippen LogP contribution in [-0.4, -0.2) is 46.2 Å². The van der Waals surface area contributed by atoms with Gasteiger partial charge in [0, 0.05) is 17.1 Å².